The van der Waals surface area contributed by atoms with Crippen molar-refractivity contribution in [2.24, 2.45) is 0 Å². The summed E-state index contributed by atoms with van der Waals surface area (Å²) < 4.78 is 5.40. The van der Waals surface area contributed by atoms with Gasteiger partial charge in [-0.1, -0.05) is 5.16 Å². The minimum absolute atomic E-state index is 0.0706. The van der Waals surface area contributed by atoms with E-state index in [0.29, 0.717) is 12.2 Å². The Morgan fingerprint density at radius 1 is 1.29 bits per heavy atom. The Balaban J connectivity index is 1.69. The number of carbonyl (C=O) groups excluding carboxylic acids is 1. The molecule has 0 aromatic carbocycles. The minimum Gasteiger partial charge on any atom is -0.368 e. The van der Waals surface area contributed by atoms with E-state index in [0.717, 1.165) is 61.2 Å². The van der Waals surface area contributed by atoms with E-state index in [2.05, 4.69) is 15.1 Å². The van der Waals surface area contributed by atoms with Gasteiger partial charge in [-0.15, -0.1) is 0 Å². The molecule has 126 valence electrons. The van der Waals surface area contributed by atoms with Crippen molar-refractivity contribution in [2.45, 2.75) is 51.5 Å². The van der Waals surface area contributed by atoms with Crippen LogP contribution in [0.3, 0.4) is 0 Å². The first-order valence-corrected chi connectivity index (χ1v) is 8.53. The van der Waals surface area contributed by atoms with E-state index in [4.69, 9.17) is 10.3 Å². The third kappa shape index (κ3) is 2.53. The van der Waals surface area contributed by atoms with Crippen LogP contribution in [-0.4, -0.2) is 32.5 Å². The number of hydrogen-bond acceptors (Lipinski definition) is 6. The van der Waals surface area contributed by atoms with E-state index < -0.39 is 0 Å². The standard InChI is InChI=1S/C17H21N5O2/c1-10-9-14(24-21-10)13-7-4-8-22(13)16(23)15-11-5-2-3-6-12(11)19-17(18)20-15/h9,13H,2-8H2,1H3,(H2,18,19,20). The molecule has 1 amide bonds. The van der Waals surface area contributed by atoms with Gasteiger partial charge in [0, 0.05) is 23.9 Å². The summed E-state index contributed by atoms with van der Waals surface area (Å²) >= 11 is 0. The number of amides is 1. The Hall–Kier alpha value is -2.44. The second kappa shape index (κ2) is 5.89. The molecule has 2 N–H and O–H groups in total. The van der Waals surface area contributed by atoms with Gasteiger partial charge >= 0.3 is 0 Å². The molecule has 0 radical (unpaired) electrons. The van der Waals surface area contributed by atoms with Crippen molar-refractivity contribution in [1.82, 2.24) is 20.0 Å². The van der Waals surface area contributed by atoms with Gasteiger partial charge < -0.3 is 15.2 Å². The van der Waals surface area contributed by atoms with Gasteiger partial charge in [-0.2, -0.15) is 0 Å². The fraction of sp³-hybridized carbons (Fsp3) is 0.529. The van der Waals surface area contributed by atoms with Crippen LogP contribution in [-0.2, 0) is 12.8 Å². The van der Waals surface area contributed by atoms with E-state index in [1.54, 1.807) is 0 Å². The molecule has 1 fully saturated rings. The van der Waals surface area contributed by atoms with Gasteiger partial charge in [0.2, 0.25) is 5.95 Å². The predicted octanol–water partition coefficient (Wildman–Crippen LogP) is 2.21. The third-order valence-corrected chi connectivity index (χ3v) is 4.89. The molecular weight excluding hydrogens is 306 g/mol. The number of rotatable bonds is 2. The number of aryl methyl sites for hydroxylation is 2. The largest absolute Gasteiger partial charge is 0.368 e. The van der Waals surface area contributed by atoms with Gasteiger partial charge in [-0.3, -0.25) is 4.79 Å². The molecule has 4 rings (SSSR count). The zero-order valence-corrected chi connectivity index (χ0v) is 13.8. The first-order valence-electron chi connectivity index (χ1n) is 8.53. The van der Waals surface area contributed by atoms with Crippen LogP contribution in [0.4, 0.5) is 5.95 Å². The minimum atomic E-state index is -0.0749. The average Bonchev–Trinajstić information content (AvgIpc) is 3.21. The molecule has 3 heterocycles. The van der Waals surface area contributed by atoms with Gasteiger partial charge in [0.15, 0.2) is 5.76 Å². The van der Waals surface area contributed by atoms with Gasteiger partial charge in [-0.05, 0) is 45.4 Å². The number of fused-ring (bicyclic) bond motifs is 1. The number of nitrogens with zero attached hydrogens (tertiary/aromatic N) is 4. The number of hydrogen-bond donors (Lipinski definition) is 1. The maximum Gasteiger partial charge on any atom is 0.273 e. The molecule has 1 saturated heterocycles. The molecule has 7 nitrogen and oxygen atoms in total. The second-order valence-electron chi connectivity index (χ2n) is 6.59. The fourth-order valence-electron chi connectivity index (χ4n) is 3.77. The monoisotopic (exact) mass is 327 g/mol. The molecule has 1 atom stereocenters. The van der Waals surface area contributed by atoms with Crippen molar-refractivity contribution in [2.75, 3.05) is 12.3 Å². The van der Waals surface area contributed by atoms with Gasteiger partial charge in [0.1, 0.15) is 5.69 Å². The summed E-state index contributed by atoms with van der Waals surface area (Å²) in [5, 5.41) is 3.95. The molecular formula is C17H21N5O2. The lowest BCUT2D eigenvalue weighted by Gasteiger charge is -2.25. The SMILES string of the molecule is Cc1cc(C2CCCN2C(=O)c2nc(N)nc3c2CCCC3)on1. The van der Waals surface area contributed by atoms with Crippen LogP contribution in [0.1, 0.15) is 64.9 Å². The molecule has 24 heavy (non-hydrogen) atoms. The van der Waals surface area contributed by atoms with E-state index in [1.165, 1.54) is 0 Å². The Kier molecular flexibility index (Phi) is 3.70. The lowest BCUT2D eigenvalue weighted by atomic mass is 9.94. The number of nitrogen functional groups attached to an aromatic ring is 1. The van der Waals surface area contributed by atoms with Crippen molar-refractivity contribution < 1.29 is 9.32 Å². The van der Waals surface area contributed by atoms with Gasteiger partial charge in [0.05, 0.1) is 11.7 Å². The highest BCUT2D eigenvalue weighted by Crippen LogP contribution is 2.34. The van der Waals surface area contributed by atoms with Crippen LogP contribution in [0, 0.1) is 6.92 Å². The first-order chi connectivity index (χ1) is 11.6. The summed E-state index contributed by atoms with van der Waals surface area (Å²) in [6.07, 6.45) is 5.68. The molecule has 2 aromatic heterocycles. The lowest BCUT2D eigenvalue weighted by Crippen LogP contribution is -2.33. The fourth-order valence-corrected chi connectivity index (χ4v) is 3.77. The van der Waals surface area contributed by atoms with Crippen molar-refractivity contribution in [3.05, 3.63) is 34.5 Å². The normalized spacial score (nSPS) is 20.2. The molecule has 1 unspecified atom stereocenters. The van der Waals surface area contributed by atoms with Crippen LogP contribution >= 0.6 is 0 Å². The van der Waals surface area contributed by atoms with Crippen LogP contribution < -0.4 is 5.73 Å². The van der Waals surface area contributed by atoms with Crippen LogP contribution in [0.15, 0.2) is 10.6 Å². The molecule has 1 aliphatic heterocycles. The molecule has 7 heteroatoms. The Morgan fingerprint density at radius 2 is 2.12 bits per heavy atom. The van der Waals surface area contributed by atoms with Gasteiger partial charge in [0.25, 0.3) is 5.91 Å². The highest BCUT2D eigenvalue weighted by molar-refractivity contribution is 5.94. The smallest absolute Gasteiger partial charge is 0.273 e. The second-order valence-corrected chi connectivity index (χ2v) is 6.59. The van der Waals surface area contributed by atoms with Crippen LogP contribution in [0.5, 0.6) is 0 Å². The highest BCUT2D eigenvalue weighted by Gasteiger charge is 2.35. The van der Waals surface area contributed by atoms with Crippen LogP contribution in [0.25, 0.3) is 0 Å². The zero-order valence-electron chi connectivity index (χ0n) is 13.8. The van der Waals surface area contributed by atoms with Crippen molar-refractivity contribution in [3.8, 4) is 0 Å². The maximum absolute atomic E-state index is 13.2. The number of anilines is 1. The highest BCUT2D eigenvalue weighted by atomic mass is 16.5. The number of likely N-dealkylation sites (tertiary alicyclic amines) is 1. The van der Waals surface area contributed by atoms with Crippen molar-refractivity contribution in [3.63, 3.8) is 0 Å². The number of carbonyl (C=O) groups is 1. The summed E-state index contributed by atoms with van der Waals surface area (Å²) in [6.45, 7) is 2.58. The summed E-state index contributed by atoms with van der Waals surface area (Å²) in [4.78, 5) is 23.6. The Morgan fingerprint density at radius 3 is 2.92 bits per heavy atom. The summed E-state index contributed by atoms with van der Waals surface area (Å²) in [5.41, 5.74) is 9.05. The molecule has 1 aliphatic carbocycles. The quantitative estimate of drug-likeness (QED) is 0.908. The first kappa shape index (κ1) is 15.1. The van der Waals surface area contributed by atoms with E-state index >= 15 is 0 Å². The summed E-state index contributed by atoms with van der Waals surface area (Å²) in [6, 6.07) is 1.83. The Labute approximate surface area is 140 Å². The third-order valence-electron chi connectivity index (χ3n) is 4.89. The van der Waals surface area contributed by atoms with E-state index in [1.807, 2.05) is 17.9 Å². The predicted molar refractivity (Wildman–Crippen MR) is 87.3 cm³/mol. The topological polar surface area (TPSA) is 98.1 Å². The maximum atomic E-state index is 13.2. The molecule has 0 bridgehead atoms. The average molecular weight is 327 g/mol. The van der Waals surface area contributed by atoms with E-state index in [-0.39, 0.29) is 17.9 Å². The van der Waals surface area contributed by atoms with Gasteiger partial charge in [-0.25, -0.2) is 9.97 Å². The van der Waals surface area contributed by atoms with Crippen LogP contribution in [0.2, 0.25) is 0 Å². The number of aromatic nitrogens is 3. The summed E-state index contributed by atoms with van der Waals surface area (Å²) in [7, 11) is 0. The van der Waals surface area contributed by atoms with E-state index in [9.17, 15) is 4.79 Å². The summed E-state index contributed by atoms with van der Waals surface area (Å²) in [5.74, 6) is 0.860. The molecule has 0 saturated carbocycles. The van der Waals surface area contributed by atoms with Crippen molar-refractivity contribution >= 4 is 11.9 Å². The molecule has 0 spiro atoms. The zero-order chi connectivity index (χ0) is 16.7. The Bertz CT molecular complexity index is 785. The van der Waals surface area contributed by atoms with Crippen molar-refractivity contribution in [1.29, 1.82) is 0 Å². The number of nitrogens with two attached hydrogens (primary N) is 1. The molecule has 2 aliphatic rings. The lowest BCUT2D eigenvalue weighted by molar-refractivity contribution is 0.0707. The molecule has 2 aromatic rings.